The van der Waals surface area contributed by atoms with Crippen LogP contribution in [0, 0.1) is 0 Å². The molecule has 0 unspecified atom stereocenters. The molecule has 2 rings (SSSR count). The van der Waals surface area contributed by atoms with Crippen molar-refractivity contribution in [3.05, 3.63) is 52.3 Å². The number of nitrogens with zero attached hydrogens (tertiary/aromatic N) is 1. The van der Waals surface area contributed by atoms with Gasteiger partial charge in [-0.05, 0) is 41.5 Å². The molecule has 1 aromatic heterocycles. The van der Waals surface area contributed by atoms with Gasteiger partial charge in [-0.1, -0.05) is 65.3 Å². The van der Waals surface area contributed by atoms with Crippen molar-refractivity contribution in [2.45, 2.75) is 59.3 Å². The average Bonchev–Trinajstić information content (AvgIpc) is 2.45. The van der Waals surface area contributed by atoms with E-state index in [0.29, 0.717) is 5.92 Å². The molecule has 22 heavy (non-hydrogen) atoms. The molecule has 118 valence electrons. The van der Waals surface area contributed by atoms with Gasteiger partial charge in [-0.25, -0.2) is 0 Å². The van der Waals surface area contributed by atoms with Crippen molar-refractivity contribution in [1.82, 2.24) is 4.98 Å². The largest absolute Gasteiger partial charge is 0.257 e. The average molecular weight is 316 g/mol. The molecule has 0 saturated heterocycles. The first-order chi connectivity index (χ1) is 10.2. The summed E-state index contributed by atoms with van der Waals surface area (Å²) in [5.74, 6) is 0.440. The number of rotatable bonds is 3. The zero-order valence-corrected chi connectivity index (χ0v) is 15.3. The zero-order chi connectivity index (χ0) is 16.5. The fourth-order valence-electron chi connectivity index (χ4n) is 2.55. The smallest absolute Gasteiger partial charge is 0.0485 e. The minimum Gasteiger partial charge on any atom is -0.257 e. The second-order valence-electron chi connectivity index (χ2n) is 7.18. The normalized spacial score (nSPS) is 12.0. The molecule has 0 radical (unpaired) electrons. The predicted molar refractivity (Wildman–Crippen MR) is 96.9 cm³/mol. The Morgan fingerprint density at radius 3 is 2.27 bits per heavy atom. The van der Waals surface area contributed by atoms with Gasteiger partial charge in [0.05, 0.1) is 0 Å². The van der Waals surface area contributed by atoms with Crippen LogP contribution in [-0.4, -0.2) is 4.98 Å². The summed E-state index contributed by atoms with van der Waals surface area (Å²) in [4.78, 5) is 4.84. The first-order valence-corrected chi connectivity index (χ1v) is 8.42. The van der Waals surface area contributed by atoms with E-state index in [9.17, 15) is 0 Å². The van der Waals surface area contributed by atoms with Gasteiger partial charge in [-0.3, -0.25) is 4.98 Å². The maximum absolute atomic E-state index is 6.48. The maximum atomic E-state index is 6.48. The number of aromatic nitrogens is 1. The fraction of sp³-hybridized carbons (Fsp3) is 0.450. The molecule has 0 amide bonds. The summed E-state index contributed by atoms with van der Waals surface area (Å²) in [6.07, 6.45) is 0.909. The number of hydrogen-bond acceptors (Lipinski definition) is 1. The van der Waals surface area contributed by atoms with Crippen LogP contribution in [-0.2, 0) is 11.8 Å². The van der Waals surface area contributed by atoms with Gasteiger partial charge < -0.3 is 0 Å². The van der Waals surface area contributed by atoms with Crippen LogP contribution in [0.3, 0.4) is 0 Å². The Morgan fingerprint density at radius 1 is 1.05 bits per heavy atom. The van der Waals surface area contributed by atoms with E-state index in [0.717, 1.165) is 34.0 Å². The van der Waals surface area contributed by atoms with Crippen molar-refractivity contribution in [1.29, 1.82) is 0 Å². The van der Waals surface area contributed by atoms with Crippen LogP contribution in [0.15, 0.2) is 30.3 Å². The summed E-state index contributed by atoms with van der Waals surface area (Å²) >= 11 is 6.48. The van der Waals surface area contributed by atoms with Gasteiger partial charge in [-0.2, -0.15) is 0 Å². The molecule has 0 aliphatic rings. The summed E-state index contributed by atoms with van der Waals surface area (Å²) in [6, 6.07) is 10.6. The Bertz CT molecular complexity index is 666. The molecule has 0 bridgehead atoms. The lowest BCUT2D eigenvalue weighted by Gasteiger charge is -2.21. The zero-order valence-electron chi connectivity index (χ0n) is 14.5. The van der Waals surface area contributed by atoms with Gasteiger partial charge in [0.2, 0.25) is 0 Å². The summed E-state index contributed by atoms with van der Waals surface area (Å²) < 4.78 is 0. The van der Waals surface area contributed by atoms with E-state index < -0.39 is 0 Å². The highest BCUT2D eigenvalue weighted by Gasteiger charge is 2.17. The third-order valence-electron chi connectivity index (χ3n) is 4.04. The fourth-order valence-corrected chi connectivity index (χ4v) is 2.77. The molecule has 2 heteroatoms. The second-order valence-corrected chi connectivity index (χ2v) is 7.59. The summed E-state index contributed by atoms with van der Waals surface area (Å²) in [5.41, 5.74) is 5.92. The van der Waals surface area contributed by atoms with E-state index in [-0.39, 0.29) is 5.41 Å². The molecule has 0 spiro atoms. The van der Waals surface area contributed by atoms with Crippen LogP contribution in [0.5, 0.6) is 0 Å². The molecular weight excluding hydrogens is 290 g/mol. The molecular formula is C20H26ClN. The number of pyridine rings is 1. The molecule has 0 aliphatic heterocycles. The molecule has 0 aliphatic carbocycles. The van der Waals surface area contributed by atoms with E-state index in [1.54, 1.807) is 0 Å². The van der Waals surface area contributed by atoms with Crippen LogP contribution in [0.2, 0.25) is 5.02 Å². The third-order valence-corrected chi connectivity index (χ3v) is 4.37. The van der Waals surface area contributed by atoms with E-state index >= 15 is 0 Å². The Hall–Kier alpha value is -1.34. The number of hydrogen-bond donors (Lipinski definition) is 0. The lowest BCUT2D eigenvalue weighted by molar-refractivity contribution is 0.590. The van der Waals surface area contributed by atoms with E-state index in [1.165, 1.54) is 5.56 Å². The van der Waals surface area contributed by atoms with Crippen molar-refractivity contribution in [2.24, 2.45) is 0 Å². The Morgan fingerprint density at radius 2 is 1.73 bits per heavy atom. The van der Waals surface area contributed by atoms with E-state index in [2.05, 4.69) is 65.8 Å². The quantitative estimate of drug-likeness (QED) is 0.640. The lowest BCUT2D eigenvalue weighted by atomic mass is 9.85. The maximum Gasteiger partial charge on any atom is 0.0485 e. The van der Waals surface area contributed by atoms with Crippen molar-refractivity contribution in [2.75, 3.05) is 0 Å². The van der Waals surface area contributed by atoms with Crippen LogP contribution < -0.4 is 0 Å². The van der Waals surface area contributed by atoms with Crippen LogP contribution in [0.1, 0.15) is 64.4 Å². The predicted octanol–water partition coefficient (Wildman–Crippen LogP) is 6.39. The van der Waals surface area contributed by atoms with E-state index in [1.807, 2.05) is 6.07 Å². The number of halogens is 1. The Kier molecular flexibility index (Phi) is 4.97. The van der Waals surface area contributed by atoms with Crippen LogP contribution >= 0.6 is 11.6 Å². The monoisotopic (exact) mass is 315 g/mol. The molecule has 2 aromatic rings. The van der Waals surface area contributed by atoms with Gasteiger partial charge in [0.1, 0.15) is 0 Å². The van der Waals surface area contributed by atoms with E-state index in [4.69, 9.17) is 16.6 Å². The molecule has 0 saturated carbocycles. The molecule has 0 N–H and O–H groups in total. The third kappa shape index (κ3) is 3.52. The number of aryl methyl sites for hydroxylation is 1. The highest BCUT2D eigenvalue weighted by atomic mass is 35.5. The minimum atomic E-state index is 0.108. The summed E-state index contributed by atoms with van der Waals surface area (Å²) in [6.45, 7) is 13.2. The SMILES string of the molecule is CCc1nc(C(C)C)ccc1-c1cc(C(C)(C)C)ccc1Cl. The van der Waals surface area contributed by atoms with Crippen LogP contribution in [0.4, 0.5) is 0 Å². The summed E-state index contributed by atoms with van der Waals surface area (Å²) in [5, 5.41) is 0.793. The topological polar surface area (TPSA) is 12.9 Å². The van der Waals surface area contributed by atoms with Gasteiger partial charge in [0, 0.05) is 27.5 Å². The molecule has 1 nitrogen and oxygen atoms in total. The molecule has 0 atom stereocenters. The highest BCUT2D eigenvalue weighted by molar-refractivity contribution is 6.33. The summed E-state index contributed by atoms with van der Waals surface area (Å²) in [7, 11) is 0. The Balaban J connectivity index is 2.61. The van der Waals surface area contributed by atoms with Crippen molar-refractivity contribution in [3.63, 3.8) is 0 Å². The minimum absolute atomic E-state index is 0.108. The van der Waals surface area contributed by atoms with Gasteiger partial charge in [0.25, 0.3) is 0 Å². The standard InChI is InChI=1S/C20H26ClN/c1-7-18-15(9-11-19(22-18)13(2)3)16-12-14(20(4,5)6)8-10-17(16)21/h8-13H,7H2,1-6H3. The van der Waals surface area contributed by atoms with Gasteiger partial charge >= 0.3 is 0 Å². The first-order valence-electron chi connectivity index (χ1n) is 8.04. The van der Waals surface area contributed by atoms with Gasteiger partial charge in [0.15, 0.2) is 0 Å². The Labute approximate surface area is 139 Å². The van der Waals surface area contributed by atoms with Gasteiger partial charge in [-0.15, -0.1) is 0 Å². The molecule has 1 aromatic carbocycles. The molecule has 0 fully saturated rings. The van der Waals surface area contributed by atoms with Crippen LogP contribution in [0.25, 0.3) is 11.1 Å². The highest BCUT2D eigenvalue weighted by Crippen LogP contribution is 2.35. The van der Waals surface area contributed by atoms with Crippen molar-refractivity contribution < 1.29 is 0 Å². The lowest BCUT2D eigenvalue weighted by Crippen LogP contribution is -2.11. The van der Waals surface area contributed by atoms with Crippen molar-refractivity contribution in [3.8, 4) is 11.1 Å². The first kappa shape index (κ1) is 17.0. The van der Waals surface area contributed by atoms with Crippen molar-refractivity contribution >= 4 is 11.6 Å². The number of benzene rings is 1. The molecule has 1 heterocycles. The second kappa shape index (κ2) is 6.42.